The lowest BCUT2D eigenvalue weighted by Gasteiger charge is -2.40. The molecule has 1 heterocycles. The Morgan fingerprint density at radius 3 is 2.32 bits per heavy atom. The van der Waals surface area contributed by atoms with E-state index in [0.717, 1.165) is 5.56 Å². The molecule has 22 heavy (non-hydrogen) atoms. The molecule has 5 atom stereocenters. The monoisotopic (exact) mass is 350 g/mol. The zero-order chi connectivity index (χ0) is 16.3. The number of rotatable bonds is 5. The Bertz CT molecular complexity index is 497. The largest absolute Gasteiger partial charge is 0.394 e. The molecule has 0 amide bonds. The van der Waals surface area contributed by atoms with Crippen LogP contribution in [0.2, 0.25) is 10.0 Å². The Kier molecular flexibility index (Phi) is 6.46. The van der Waals surface area contributed by atoms with Crippen LogP contribution in [-0.2, 0) is 11.2 Å². The molecule has 7 heteroatoms. The van der Waals surface area contributed by atoms with E-state index in [-0.39, 0.29) is 0 Å². The van der Waals surface area contributed by atoms with Crippen LogP contribution >= 0.6 is 23.2 Å². The Labute approximate surface area is 139 Å². The molecule has 0 saturated carbocycles. The number of hydrogen-bond donors (Lipinski definition) is 4. The summed E-state index contributed by atoms with van der Waals surface area (Å²) in [6.45, 7) is -0.412. The first-order valence-corrected chi connectivity index (χ1v) is 7.94. The van der Waals surface area contributed by atoms with Gasteiger partial charge in [0.25, 0.3) is 0 Å². The minimum absolute atomic E-state index is 0.412. The first kappa shape index (κ1) is 17.9. The van der Waals surface area contributed by atoms with E-state index in [0.29, 0.717) is 29.3 Å². The van der Waals surface area contributed by atoms with Crippen LogP contribution in [-0.4, -0.2) is 57.6 Å². The van der Waals surface area contributed by atoms with Gasteiger partial charge in [-0.1, -0.05) is 29.3 Å². The Morgan fingerprint density at radius 2 is 1.68 bits per heavy atom. The molecule has 0 radical (unpaired) electrons. The lowest BCUT2D eigenvalue weighted by molar-refractivity contribution is -0.230. The number of hydrogen-bond acceptors (Lipinski definition) is 5. The summed E-state index contributed by atoms with van der Waals surface area (Å²) in [4.78, 5) is 0. The SMILES string of the molecule is OC[C@H]1O[C@@H](CCCc2ccc(Cl)cc2Cl)[C@H](O)[C@@H](O)[C@@H]1O. The van der Waals surface area contributed by atoms with Gasteiger partial charge in [0, 0.05) is 10.0 Å². The van der Waals surface area contributed by atoms with Gasteiger partial charge in [-0.15, -0.1) is 0 Å². The standard InChI is InChI=1S/C15H20Cl2O5/c16-9-5-4-8(10(17)6-9)2-1-3-11-13(19)15(21)14(20)12(7-18)22-11/h4-6,11-15,18-21H,1-3,7H2/t11-,12+,13-,14+,15+/m0/s1. The van der Waals surface area contributed by atoms with Gasteiger partial charge in [-0.25, -0.2) is 0 Å². The molecule has 1 fully saturated rings. The van der Waals surface area contributed by atoms with Crippen LogP contribution in [0, 0.1) is 0 Å². The third kappa shape index (κ3) is 4.11. The van der Waals surface area contributed by atoms with E-state index < -0.39 is 37.1 Å². The number of ether oxygens (including phenoxy) is 1. The molecule has 1 aliphatic heterocycles. The highest BCUT2D eigenvalue weighted by Crippen LogP contribution is 2.26. The van der Waals surface area contributed by atoms with Gasteiger partial charge >= 0.3 is 0 Å². The fourth-order valence-corrected chi connectivity index (χ4v) is 3.14. The molecule has 124 valence electrons. The third-order valence-electron chi connectivity index (χ3n) is 3.94. The number of aryl methyl sites for hydroxylation is 1. The number of aliphatic hydroxyl groups excluding tert-OH is 4. The van der Waals surface area contributed by atoms with Crippen LogP contribution in [0.5, 0.6) is 0 Å². The predicted octanol–water partition coefficient (Wildman–Crippen LogP) is 1.16. The Morgan fingerprint density at radius 1 is 1.00 bits per heavy atom. The lowest BCUT2D eigenvalue weighted by atomic mass is 9.92. The zero-order valence-electron chi connectivity index (χ0n) is 11.9. The molecule has 4 N–H and O–H groups in total. The zero-order valence-corrected chi connectivity index (χ0v) is 13.4. The Hall–Kier alpha value is -0.400. The lowest BCUT2D eigenvalue weighted by Crippen LogP contribution is -2.58. The van der Waals surface area contributed by atoms with E-state index in [9.17, 15) is 15.3 Å². The summed E-state index contributed by atoms with van der Waals surface area (Å²) in [6, 6.07) is 5.28. The second-order valence-corrected chi connectivity index (χ2v) is 6.34. The van der Waals surface area contributed by atoms with Crippen LogP contribution < -0.4 is 0 Å². The van der Waals surface area contributed by atoms with Crippen LogP contribution in [0.15, 0.2) is 18.2 Å². The summed E-state index contributed by atoms with van der Waals surface area (Å²) in [5.74, 6) is 0. The summed E-state index contributed by atoms with van der Waals surface area (Å²) in [6.07, 6.45) is -3.50. The highest BCUT2D eigenvalue weighted by molar-refractivity contribution is 6.35. The van der Waals surface area contributed by atoms with Crippen molar-refractivity contribution in [3.05, 3.63) is 33.8 Å². The van der Waals surface area contributed by atoms with Crippen molar-refractivity contribution in [2.75, 3.05) is 6.61 Å². The normalized spacial score (nSPS) is 32.2. The molecular formula is C15H20Cl2O5. The second kappa shape index (κ2) is 7.93. The van der Waals surface area contributed by atoms with Crippen molar-refractivity contribution in [1.29, 1.82) is 0 Å². The van der Waals surface area contributed by atoms with Gasteiger partial charge in [-0.2, -0.15) is 0 Å². The highest BCUT2D eigenvalue weighted by Gasteiger charge is 2.42. The predicted molar refractivity (Wildman–Crippen MR) is 83.2 cm³/mol. The van der Waals surface area contributed by atoms with Crippen LogP contribution in [0.3, 0.4) is 0 Å². The molecule has 1 aliphatic rings. The molecule has 1 saturated heterocycles. The van der Waals surface area contributed by atoms with Gasteiger partial charge in [-0.05, 0) is 37.0 Å². The molecule has 0 aliphatic carbocycles. The minimum Gasteiger partial charge on any atom is -0.394 e. The maximum absolute atomic E-state index is 9.95. The molecule has 0 spiro atoms. The van der Waals surface area contributed by atoms with E-state index in [1.165, 1.54) is 0 Å². The van der Waals surface area contributed by atoms with Crippen molar-refractivity contribution < 1.29 is 25.2 Å². The first-order chi connectivity index (χ1) is 10.4. The quantitative estimate of drug-likeness (QED) is 0.639. The average molecular weight is 351 g/mol. The topological polar surface area (TPSA) is 90.2 Å². The molecular weight excluding hydrogens is 331 g/mol. The molecule has 5 nitrogen and oxygen atoms in total. The van der Waals surface area contributed by atoms with Gasteiger partial charge < -0.3 is 25.2 Å². The van der Waals surface area contributed by atoms with Crippen LogP contribution in [0.25, 0.3) is 0 Å². The van der Waals surface area contributed by atoms with Crippen LogP contribution in [0.1, 0.15) is 18.4 Å². The van der Waals surface area contributed by atoms with Crippen molar-refractivity contribution in [1.82, 2.24) is 0 Å². The molecule has 1 aromatic rings. The van der Waals surface area contributed by atoms with E-state index >= 15 is 0 Å². The molecule has 0 unspecified atom stereocenters. The summed E-state index contributed by atoms with van der Waals surface area (Å²) in [5, 5.41) is 39.7. The summed E-state index contributed by atoms with van der Waals surface area (Å²) in [5.41, 5.74) is 0.940. The van der Waals surface area contributed by atoms with Gasteiger partial charge in [0.15, 0.2) is 0 Å². The number of aliphatic hydroxyl groups is 4. The summed E-state index contributed by atoms with van der Waals surface area (Å²) in [7, 11) is 0. The first-order valence-electron chi connectivity index (χ1n) is 7.18. The van der Waals surface area contributed by atoms with Crippen molar-refractivity contribution in [3.63, 3.8) is 0 Å². The second-order valence-electron chi connectivity index (χ2n) is 5.50. The summed E-state index contributed by atoms with van der Waals surface area (Å²) < 4.78 is 5.45. The van der Waals surface area contributed by atoms with Gasteiger partial charge in [0.2, 0.25) is 0 Å². The van der Waals surface area contributed by atoms with Crippen molar-refractivity contribution in [3.8, 4) is 0 Å². The minimum atomic E-state index is -1.32. The van der Waals surface area contributed by atoms with E-state index in [2.05, 4.69) is 0 Å². The van der Waals surface area contributed by atoms with Crippen molar-refractivity contribution in [2.24, 2.45) is 0 Å². The van der Waals surface area contributed by atoms with Gasteiger partial charge in [0.1, 0.15) is 24.4 Å². The van der Waals surface area contributed by atoms with Crippen LogP contribution in [0.4, 0.5) is 0 Å². The fraction of sp³-hybridized carbons (Fsp3) is 0.600. The van der Waals surface area contributed by atoms with Crippen molar-refractivity contribution in [2.45, 2.75) is 49.8 Å². The van der Waals surface area contributed by atoms with E-state index in [4.69, 9.17) is 33.0 Å². The number of benzene rings is 1. The summed E-state index contributed by atoms with van der Waals surface area (Å²) >= 11 is 11.9. The fourth-order valence-electron chi connectivity index (χ4n) is 2.64. The third-order valence-corrected chi connectivity index (χ3v) is 4.53. The van der Waals surface area contributed by atoms with Crippen molar-refractivity contribution >= 4 is 23.2 Å². The molecule has 2 rings (SSSR count). The van der Waals surface area contributed by atoms with E-state index in [1.54, 1.807) is 12.1 Å². The molecule has 1 aromatic carbocycles. The molecule has 0 aromatic heterocycles. The average Bonchev–Trinajstić information content (AvgIpc) is 2.49. The Balaban J connectivity index is 1.90. The maximum atomic E-state index is 9.95. The smallest absolute Gasteiger partial charge is 0.111 e. The highest BCUT2D eigenvalue weighted by atomic mass is 35.5. The van der Waals surface area contributed by atoms with E-state index in [1.807, 2.05) is 6.07 Å². The maximum Gasteiger partial charge on any atom is 0.111 e. The van der Waals surface area contributed by atoms with Gasteiger partial charge in [-0.3, -0.25) is 0 Å². The van der Waals surface area contributed by atoms with Gasteiger partial charge in [0.05, 0.1) is 12.7 Å². The number of halogens is 2. The molecule has 0 bridgehead atoms.